The maximum Gasteiger partial charge on any atom is 0.264 e. The summed E-state index contributed by atoms with van der Waals surface area (Å²) in [5, 5.41) is 2.89. The van der Waals surface area contributed by atoms with Gasteiger partial charge in [0, 0.05) is 18.0 Å². The number of carbonyl (C=O) groups is 2. The minimum Gasteiger partial charge on any atom is -0.492 e. The Hall–Kier alpha value is -3.50. The quantitative estimate of drug-likeness (QED) is 0.257. The van der Waals surface area contributed by atoms with E-state index in [1.165, 1.54) is 28.8 Å². The number of amides is 2. The van der Waals surface area contributed by atoms with Crippen molar-refractivity contribution < 1.29 is 22.7 Å². The van der Waals surface area contributed by atoms with Crippen LogP contribution in [0.4, 0.5) is 5.69 Å². The van der Waals surface area contributed by atoms with Crippen molar-refractivity contribution in [2.45, 2.75) is 50.1 Å². The van der Waals surface area contributed by atoms with Crippen molar-refractivity contribution in [1.29, 1.82) is 0 Å². The molecule has 0 radical (unpaired) electrons. The van der Waals surface area contributed by atoms with E-state index in [-0.39, 0.29) is 29.0 Å². The Morgan fingerprint density at radius 1 is 0.927 bits per heavy atom. The largest absolute Gasteiger partial charge is 0.492 e. The lowest BCUT2D eigenvalue weighted by Crippen LogP contribution is -2.51. The zero-order chi connectivity index (χ0) is 30.0. The Balaban J connectivity index is 2.05. The minimum atomic E-state index is -4.19. The monoisotopic (exact) mass is 597 g/mol. The van der Waals surface area contributed by atoms with E-state index in [2.05, 4.69) is 5.32 Å². The minimum absolute atomic E-state index is 0.0479. The number of nitrogens with one attached hydrogen (secondary N) is 1. The van der Waals surface area contributed by atoms with Crippen molar-refractivity contribution in [3.05, 3.63) is 84.4 Å². The molecule has 8 nitrogen and oxygen atoms in total. The third-order valence-corrected chi connectivity index (χ3v) is 8.93. The summed E-state index contributed by atoms with van der Waals surface area (Å²) in [4.78, 5) is 29.5. The van der Waals surface area contributed by atoms with Gasteiger partial charge in [-0.3, -0.25) is 13.9 Å². The highest BCUT2D eigenvalue weighted by Crippen LogP contribution is 2.33. The van der Waals surface area contributed by atoms with Gasteiger partial charge in [0.15, 0.2) is 0 Å². The molecule has 1 N–H and O–H groups in total. The van der Waals surface area contributed by atoms with E-state index in [1.54, 1.807) is 50.2 Å². The van der Waals surface area contributed by atoms with Crippen molar-refractivity contribution >= 4 is 39.3 Å². The lowest BCUT2D eigenvalue weighted by molar-refractivity contribution is -0.139. The number of nitrogens with zero attached hydrogens (tertiary/aromatic N) is 2. The van der Waals surface area contributed by atoms with Gasteiger partial charge in [0.25, 0.3) is 10.0 Å². The molecule has 0 aliphatic carbocycles. The summed E-state index contributed by atoms with van der Waals surface area (Å²) in [6, 6.07) is 21.7. The van der Waals surface area contributed by atoms with E-state index in [1.807, 2.05) is 50.4 Å². The van der Waals surface area contributed by atoms with Crippen LogP contribution < -0.4 is 14.4 Å². The van der Waals surface area contributed by atoms with E-state index < -0.39 is 28.5 Å². The third-order valence-electron chi connectivity index (χ3n) is 6.41. The molecule has 220 valence electrons. The van der Waals surface area contributed by atoms with Crippen molar-refractivity contribution in [2.24, 2.45) is 5.92 Å². The van der Waals surface area contributed by atoms with Crippen molar-refractivity contribution in [3.8, 4) is 5.75 Å². The summed E-state index contributed by atoms with van der Waals surface area (Å²) in [7, 11) is -4.19. The number of thioether (sulfide) groups is 1. The number of hydrogen-bond acceptors (Lipinski definition) is 6. The van der Waals surface area contributed by atoms with Crippen LogP contribution in [0.15, 0.2) is 88.7 Å². The molecule has 3 aromatic carbocycles. The molecule has 0 saturated heterocycles. The highest BCUT2D eigenvalue weighted by Gasteiger charge is 2.33. The number of para-hydroxylation sites is 2. The molecule has 1 unspecified atom stereocenters. The second-order valence-electron chi connectivity index (χ2n) is 9.91. The van der Waals surface area contributed by atoms with Gasteiger partial charge in [-0.05, 0) is 68.0 Å². The van der Waals surface area contributed by atoms with Crippen LogP contribution in [0.5, 0.6) is 5.75 Å². The van der Waals surface area contributed by atoms with Crippen molar-refractivity contribution in [3.63, 3.8) is 0 Å². The Bertz CT molecular complexity index is 1400. The first-order chi connectivity index (χ1) is 19.6. The van der Waals surface area contributed by atoms with Gasteiger partial charge >= 0.3 is 0 Å². The molecule has 3 rings (SSSR count). The first kappa shape index (κ1) is 32.0. The molecule has 0 aliphatic heterocycles. The van der Waals surface area contributed by atoms with Crippen LogP contribution in [0.25, 0.3) is 0 Å². The maximum atomic E-state index is 14.1. The standard InChI is InChI=1S/C31H39N3O5S2/c1-6-39-29-15-11-10-14-28(29)34(41(37,38)27-18-16-26(40-5)17-19-27)22-30(35)33(21-25-12-8-7-9-13-25)24(4)31(36)32-20-23(2)3/h7-19,23-24H,6,20-22H2,1-5H3,(H,32,36). The Morgan fingerprint density at radius 3 is 2.17 bits per heavy atom. The van der Waals surface area contributed by atoms with E-state index >= 15 is 0 Å². The normalized spacial score (nSPS) is 12.0. The van der Waals surface area contributed by atoms with Crippen molar-refractivity contribution in [1.82, 2.24) is 10.2 Å². The molecule has 0 heterocycles. The zero-order valence-corrected chi connectivity index (χ0v) is 25.9. The van der Waals surface area contributed by atoms with Crippen LogP contribution >= 0.6 is 11.8 Å². The van der Waals surface area contributed by atoms with Crippen molar-refractivity contribution in [2.75, 3.05) is 30.3 Å². The summed E-state index contributed by atoms with van der Waals surface area (Å²) in [5.74, 6) is -0.251. The molecule has 1 atom stereocenters. The topological polar surface area (TPSA) is 96.0 Å². The third kappa shape index (κ3) is 8.50. The van der Waals surface area contributed by atoms with Crippen LogP contribution in [0.1, 0.15) is 33.3 Å². The van der Waals surface area contributed by atoms with Gasteiger partial charge in [0.05, 0.1) is 17.2 Å². The highest BCUT2D eigenvalue weighted by atomic mass is 32.2. The molecular weight excluding hydrogens is 558 g/mol. The summed E-state index contributed by atoms with van der Waals surface area (Å²) in [5.41, 5.74) is 1.06. The fourth-order valence-corrected chi connectivity index (χ4v) is 5.98. The van der Waals surface area contributed by atoms with E-state index in [0.29, 0.717) is 18.9 Å². The van der Waals surface area contributed by atoms with Gasteiger partial charge in [-0.1, -0.05) is 56.3 Å². The number of benzene rings is 3. The molecule has 41 heavy (non-hydrogen) atoms. The van der Waals surface area contributed by atoms with Crippen LogP contribution in [-0.4, -0.2) is 57.1 Å². The Kier molecular flexibility index (Phi) is 11.7. The SMILES string of the molecule is CCOc1ccccc1N(CC(=O)N(Cc1ccccc1)C(C)C(=O)NCC(C)C)S(=O)(=O)c1ccc(SC)cc1. The lowest BCUT2D eigenvalue weighted by atomic mass is 10.1. The van der Waals surface area contributed by atoms with Gasteiger partial charge in [-0.25, -0.2) is 8.42 Å². The van der Waals surface area contributed by atoms with Gasteiger partial charge in [0.1, 0.15) is 18.3 Å². The highest BCUT2D eigenvalue weighted by molar-refractivity contribution is 7.98. The van der Waals surface area contributed by atoms with Crippen LogP contribution in [-0.2, 0) is 26.2 Å². The fourth-order valence-electron chi connectivity index (χ4n) is 4.14. The first-order valence-electron chi connectivity index (χ1n) is 13.6. The molecule has 10 heteroatoms. The van der Waals surface area contributed by atoms with Crippen LogP contribution in [0.2, 0.25) is 0 Å². The molecule has 0 fully saturated rings. The number of anilines is 1. The second-order valence-corrected chi connectivity index (χ2v) is 12.7. The van der Waals surface area contributed by atoms with Crippen LogP contribution in [0.3, 0.4) is 0 Å². The molecule has 0 aliphatic rings. The summed E-state index contributed by atoms with van der Waals surface area (Å²) >= 11 is 1.50. The average Bonchev–Trinajstić information content (AvgIpc) is 2.98. The number of carbonyl (C=O) groups excluding carboxylic acids is 2. The average molecular weight is 598 g/mol. The first-order valence-corrected chi connectivity index (χ1v) is 16.2. The number of ether oxygens (including phenoxy) is 1. The smallest absolute Gasteiger partial charge is 0.264 e. The molecule has 0 saturated carbocycles. The van der Waals surface area contributed by atoms with E-state index in [0.717, 1.165) is 14.8 Å². The molecule has 0 bridgehead atoms. The second kappa shape index (κ2) is 14.9. The molecule has 0 aromatic heterocycles. The fraction of sp³-hybridized carbons (Fsp3) is 0.355. The molecule has 3 aromatic rings. The maximum absolute atomic E-state index is 14.1. The number of rotatable bonds is 14. The Labute approximate surface area is 248 Å². The Morgan fingerprint density at radius 2 is 1.56 bits per heavy atom. The molecule has 0 spiro atoms. The van der Waals surface area contributed by atoms with Crippen LogP contribution in [0, 0.1) is 5.92 Å². The van der Waals surface area contributed by atoms with Gasteiger partial charge in [-0.15, -0.1) is 11.8 Å². The summed E-state index contributed by atoms with van der Waals surface area (Å²) < 4.78 is 35.0. The van der Waals surface area contributed by atoms with Gasteiger partial charge in [0.2, 0.25) is 11.8 Å². The summed E-state index contributed by atoms with van der Waals surface area (Å²) in [6.07, 6.45) is 1.91. The number of sulfonamides is 1. The summed E-state index contributed by atoms with van der Waals surface area (Å²) in [6.45, 7) is 7.83. The van der Waals surface area contributed by atoms with E-state index in [4.69, 9.17) is 4.74 Å². The van der Waals surface area contributed by atoms with E-state index in [9.17, 15) is 18.0 Å². The lowest BCUT2D eigenvalue weighted by Gasteiger charge is -2.32. The van der Waals surface area contributed by atoms with Gasteiger partial charge < -0.3 is 15.0 Å². The van der Waals surface area contributed by atoms with Gasteiger partial charge in [-0.2, -0.15) is 0 Å². The molecule has 2 amide bonds. The molecular formula is C31H39N3O5S2. The zero-order valence-electron chi connectivity index (χ0n) is 24.2. The predicted octanol–water partition coefficient (Wildman–Crippen LogP) is 5.19. The predicted molar refractivity (Wildman–Crippen MR) is 165 cm³/mol. The number of hydrogen-bond donors (Lipinski definition) is 1.